The molecule has 4 fully saturated rings. The molecule has 220 valence electrons. The number of aliphatic hydroxyl groups excluding tert-OH is 3. The summed E-state index contributed by atoms with van der Waals surface area (Å²) in [5.74, 6) is -1.23. The Hall–Kier alpha value is -2.12. The summed E-state index contributed by atoms with van der Waals surface area (Å²) in [6, 6.07) is 0. The van der Waals surface area contributed by atoms with Gasteiger partial charge in [0, 0.05) is 17.9 Å². The monoisotopic (exact) mass is 562 g/mol. The van der Waals surface area contributed by atoms with Gasteiger partial charge in [-0.2, -0.15) is 0 Å². The molecule has 11 heteroatoms. The highest BCUT2D eigenvalue weighted by molar-refractivity contribution is 5.82. The molecule has 2 bridgehead atoms. The molecule has 12 atom stereocenters. The van der Waals surface area contributed by atoms with E-state index in [9.17, 15) is 24.9 Å². The molecular formula is C29H38O11. The first-order chi connectivity index (χ1) is 18.9. The quantitative estimate of drug-likeness (QED) is 0.232. The first kappa shape index (κ1) is 28.0. The maximum absolute atomic E-state index is 13.3. The molecule has 4 heterocycles. The second kappa shape index (κ2) is 9.45. The van der Waals surface area contributed by atoms with Crippen LogP contribution in [0.3, 0.4) is 0 Å². The van der Waals surface area contributed by atoms with Crippen LogP contribution in [0.25, 0.3) is 0 Å². The Bertz CT molecular complexity index is 1160. The average Bonchev–Trinajstić information content (AvgIpc) is 3.81. The summed E-state index contributed by atoms with van der Waals surface area (Å²) in [4.78, 5) is 26.3. The molecule has 6 aliphatic rings. The first-order valence-corrected chi connectivity index (χ1v) is 13.9. The fraction of sp³-hybridized carbons (Fsp3) is 0.724. The summed E-state index contributed by atoms with van der Waals surface area (Å²) in [7, 11) is 0. The van der Waals surface area contributed by atoms with Crippen molar-refractivity contribution in [1.29, 1.82) is 0 Å². The van der Waals surface area contributed by atoms with Gasteiger partial charge in [0.05, 0.1) is 43.0 Å². The van der Waals surface area contributed by atoms with Crippen LogP contribution in [0.15, 0.2) is 36.0 Å². The smallest absolute Gasteiger partial charge is 0.338 e. The van der Waals surface area contributed by atoms with E-state index < -0.39 is 76.7 Å². The van der Waals surface area contributed by atoms with E-state index in [4.69, 9.17) is 28.4 Å². The third kappa shape index (κ3) is 3.97. The molecule has 40 heavy (non-hydrogen) atoms. The molecule has 0 aromatic heterocycles. The summed E-state index contributed by atoms with van der Waals surface area (Å²) in [5, 5.41) is 31.9. The number of rotatable bonds is 1. The van der Waals surface area contributed by atoms with Gasteiger partial charge < -0.3 is 43.7 Å². The zero-order valence-corrected chi connectivity index (χ0v) is 23.1. The van der Waals surface area contributed by atoms with Gasteiger partial charge in [-0.1, -0.05) is 31.2 Å². The van der Waals surface area contributed by atoms with Crippen LogP contribution in [0.2, 0.25) is 0 Å². The summed E-state index contributed by atoms with van der Waals surface area (Å²) >= 11 is 0. The topological polar surface area (TPSA) is 157 Å². The molecule has 3 saturated heterocycles. The lowest BCUT2D eigenvalue weighted by molar-refractivity contribution is -0.239. The van der Waals surface area contributed by atoms with Gasteiger partial charge in [-0.15, -0.1) is 0 Å². The fourth-order valence-electron chi connectivity index (χ4n) is 7.38. The van der Waals surface area contributed by atoms with E-state index in [0.717, 1.165) is 5.57 Å². The summed E-state index contributed by atoms with van der Waals surface area (Å²) in [6.45, 7) is 7.03. The van der Waals surface area contributed by atoms with Crippen LogP contribution < -0.4 is 0 Å². The zero-order chi connectivity index (χ0) is 28.7. The van der Waals surface area contributed by atoms with E-state index in [1.165, 1.54) is 12.2 Å². The molecule has 1 saturated carbocycles. The van der Waals surface area contributed by atoms with Crippen molar-refractivity contribution in [1.82, 2.24) is 0 Å². The summed E-state index contributed by atoms with van der Waals surface area (Å²) < 4.78 is 35.9. The predicted molar refractivity (Wildman–Crippen MR) is 137 cm³/mol. The minimum Gasteiger partial charge on any atom is -0.463 e. The Morgan fingerprint density at radius 3 is 2.55 bits per heavy atom. The third-order valence-corrected chi connectivity index (χ3v) is 10.3. The predicted octanol–water partition coefficient (Wildman–Crippen LogP) is 0.496. The van der Waals surface area contributed by atoms with Gasteiger partial charge in [0.1, 0.15) is 36.1 Å². The van der Waals surface area contributed by atoms with Crippen LogP contribution in [0.5, 0.6) is 0 Å². The molecular weight excluding hydrogens is 524 g/mol. The lowest BCUT2D eigenvalue weighted by Gasteiger charge is -2.58. The SMILES string of the molecule is CC1=C[C@H]2O[C@@H]3C[C@H]4OC(=O)/C=C\C=C/[C@H]([C@@H](C)O)OC[C@H](O)[C@@]5(C)O[C@@H]5C(=O)OC[C@@]2(C[C@H]1O)[C@]4(C)C31CO1. The molecule has 0 amide bonds. The number of fused-ring (bicyclic) bond motifs is 1. The fourth-order valence-corrected chi connectivity index (χ4v) is 7.38. The Morgan fingerprint density at radius 2 is 1.85 bits per heavy atom. The third-order valence-electron chi connectivity index (χ3n) is 10.3. The number of epoxide rings is 2. The molecule has 6 rings (SSSR count). The van der Waals surface area contributed by atoms with E-state index in [1.54, 1.807) is 26.0 Å². The number of hydrogen-bond donors (Lipinski definition) is 3. The van der Waals surface area contributed by atoms with Gasteiger partial charge in [-0.25, -0.2) is 9.59 Å². The molecule has 0 radical (unpaired) electrons. The number of carbonyl (C=O) groups excluding carboxylic acids is 2. The van der Waals surface area contributed by atoms with Crippen molar-refractivity contribution < 1.29 is 53.3 Å². The highest BCUT2D eigenvalue weighted by atomic mass is 16.7. The maximum Gasteiger partial charge on any atom is 0.338 e. The number of hydrogen-bond acceptors (Lipinski definition) is 11. The molecule has 2 aliphatic carbocycles. The van der Waals surface area contributed by atoms with E-state index in [0.29, 0.717) is 13.0 Å². The molecule has 11 nitrogen and oxygen atoms in total. The Labute approximate surface area is 232 Å². The van der Waals surface area contributed by atoms with Crippen LogP contribution in [-0.4, -0.2) is 107 Å². The first-order valence-electron chi connectivity index (χ1n) is 13.9. The normalized spacial score (nSPS) is 52.6. The van der Waals surface area contributed by atoms with Crippen molar-refractivity contribution in [2.24, 2.45) is 10.8 Å². The van der Waals surface area contributed by atoms with Crippen LogP contribution in [0, 0.1) is 10.8 Å². The van der Waals surface area contributed by atoms with Gasteiger partial charge in [0.2, 0.25) is 0 Å². The van der Waals surface area contributed by atoms with Gasteiger partial charge in [-0.3, -0.25) is 0 Å². The number of carbonyl (C=O) groups is 2. The molecule has 1 unspecified atom stereocenters. The van der Waals surface area contributed by atoms with Crippen molar-refractivity contribution in [3.8, 4) is 0 Å². The number of allylic oxidation sites excluding steroid dienone is 2. The second-order valence-corrected chi connectivity index (χ2v) is 12.5. The molecule has 0 aromatic carbocycles. The van der Waals surface area contributed by atoms with E-state index >= 15 is 0 Å². The minimum absolute atomic E-state index is 0.134. The molecule has 2 spiro atoms. The van der Waals surface area contributed by atoms with Crippen LogP contribution in [-0.2, 0) is 38.0 Å². The second-order valence-electron chi connectivity index (χ2n) is 12.5. The summed E-state index contributed by atoms with van der Waals surface area (Å²) in [5.41, 5.74) is -3.03. The van der Waals surface area contributed by atoms with E-state index in [2.05, 4.69) is 0 Å². The maximum atomic E-state index is 13.3. The average molecular weight is 563 g/mol. The highest BCUT2D eigenvalue weighted by Gasteiger charge is 2.83. The van der Waals surface area contributed by atoms with Gasteiger partial charge in [0.25, 0.3) is 0 Å². The van der Waals surface area contributed by atoms with Crippen molar-refractivity contribution in [3.63, 3.8) is 0 Å². The van der Waals surface area contributed by atoms with Crippen molar-refractivity contribution in [2.45, 2.75) is 101 Å². The van der Waals surface area contributed by atoms with Crippen molar-refractivity contribution in [2.75, 3.05) is 19.8 Å². The van der Waals surface area contributed by atoms with Gasteiger partial charge in [-0.05, 0) is 32.8 Å². The largest absolute Gasteiger partial charge is 0.463 e. The lowest BCUT2D eigenvalue weighted by Crippen LogP contribution is -2.68. The van der Waals surface area contributed by atoms with E-state index in [-0.39, 0.29) is 25.7 Å². The van der Waals surface area contributed by atoms with Gasteiger partial charge >= 0.3 is 11.9 Å². The Balaban J connectivity index is 1.38. The van der Waals surface area contributed by atoms with Crippen LogP contribution >= 0.6 is 0 Å². The number of esters is 2. The number of cyclic esters (lactones) is 1. The van der Waals surface area contributed by atoms with Crippen molar-refractivity contribution in [3.05, 3.63) is 36.0 Å². The standard InChI is InChI=1S/C29H38O11/c1-15-9-21-28(11-17(15)31)13-36-25(34)24-26(3,40-24)19(32)12-35-18(16(2)30)7-5-6-8-23(33)39-20-10-22(38-21)29(14-37-29)27(20,28)4/h5-9,16-22,24,30-32H,10-14H2,1-4H3/b7-5-,8-6-/t16-,17-,18-,19+,20-,21-,22-,24-,26-,27-,28-,29?/m1/s1. The van der Waals surface area contributed by atoms with Crippen molar-refractivity contribution >= 4 is 11.9 Å². The molecule has 0 aromatic rings. The van der Waals surface area contributed by atoms with E-state index in [1.807, 2.05) is 19.9 Å². The molecule has 3 N–H and O–H groups in total. The van der Waals surface area contributed by atoms with Crippen LogP contribution in [0.4, 0.5) is 0 Å². The molecule has 4 aliphatic heterocycles. The Morgan fingerprint density at radius 1 is 1.10 bits per heavy atom. The summed E-state index contributed by atoms with van der Waals surface area (Å²) in [6.07, 6.45) is 2.24. The minimum atomic E-state index is -1.22. The van der Waals surface area contributed by atoms with Gasteiger partial charge in [0.15, 0.2) is 6.10 Å². The highest BCUT2D eigenvalue weighted by Crippen LogP contribution is 2.72. The number of ether oxygens (including phenoxy) is 6. The Kier molecular flexibility index (Phi) is 6.62. The van der Waals surface area contributed by atoms with Crippen LogP contribution in [0.1, 0.15) is 40.5 Å². The lowest BCUT2D eigenvalue weighted by atomic mass is 9.51. The zero-order valence-electron chi connectivity index (χ0n) is 23.1. The number of aliphatic hydroxyl groups is 3.